The van der Waals surface area contributed by atoms with Crippen molar-refractivity contribution in [3.63, 3.8) is 0 Å². The molecule has 0 aromatic carbocycles. The summed E-state index contributed by atoms with van der Waals surface area (Å²) in [7, 11) is 1.40. The standard InChI is InChI=1S/C31H48O7/c1-4-23-14-16-24(17-15-23)27(33)19-18-26-25(11-7-5-6-8-12-30(34)35-3)28(37-22(2)32)21-29(26)38-31-13-9-10-20-36-31/h5,7,18-19,23-26,28-29,31H,4,6,8-17,20-21H2,1-3H3/b7-5-,19-18+/t23?,24?,25-,26-,28+,29-,31?/m1/s1. The average Bonchev–Trinajstić information content (AvgIpc) is 3.23. The lowest BCUT2D eigenvalue weighted by Crippen LogP contribution is -2.31. The van der Waals surface area contributed by atoms with E-state index >= 15 is 0 Å². The van der Waals surface area contributed by atoms with Crippen LogP contribution in [0, 0.1) is 23.7 Å². The van der Waals surface area contributed by atoms with Crippen molar-refractivity contribution in [3.05, 3.63) is 24.3 Å². The highest BCUT2D eigenvalue weighted by Crippen LogP contribution is 2.41. The first-order valence-electron chi connectivity index (χ1n) is 14.8. The summed E-state index contributed by atoms with van der Waals surface area (Å²) in [4.78, 5) is 36.5. The normalized spacial score (nSPS) is 32.0. The van der Waals surface area contributed by atoms with Crippen LogP contribution in [-0.2, 0) is 33.3 Å². The third kappa shape index (κ3) is 9.64. The predicted octanol–water partition coefficient (Wildman–Crippen LogP) is 6.10. The molecule has 38 heavy (non-hydrogen) atoms. The maximum Gasteiger partial charge on any atom is 0.305 e. The van der Waals surface area contributed by atoms with Gasteiger partial charge in [0.05, 0.1) is 13.2 Å². The Morgan fingerprint density at radius 1 is 1.00 bits per heavy atom. The van der Waals surface area contributed by atoms with Crippen LogP contribution >= 0.6 is 0 Å². The molecule has 0 spiro atoms. The van der Waals surface area contributed by atoms with Gasteiger partial charge in [-0.25, -0.2) is 0 Å². The van der Waals surface area contributed by atoms with Crippen molar-refractivity contribution in [1.29, 1.82) is 0 Å². The van der Waals surface area contributed by atoms with Gasteiger partial charge in [-0.05, 0) is 76.2 Å². The molecule has 2 aliphatic carbocycles. The molecule has 0 amide bonds. The number of ether oxygens (including phenoxy) is 4. The summed E-state index contributed by atoms with van der Waals surface area (Å²) in [5.41, 5.74) is 0. The summed E-state index contributed by atoms with van der Waals surface area (Å²) >= 11 is 0. The number of allylic oxidation sites excluding steroid dienone is 3. The highest BCUT2D eigenvalue weighted by Gasteiger charge is 2.45. The van der Waals surface area contributed by atoms with Crippen LogP contribution in [0.3, 0.4) is 0 Å². The molecule has 0 aromatic heterocycles. The molecule has 3 fully saturated rings. The van der Waals surface area contributed by atoms with Crippen LogP contribution < -0.4 is 0 Å². The minimum Gasteiger partial charge on any atom is -0.469 e. The van der Waals surface area contributed by atoms with Gasteiger partial charge in [0.15, 0.2) is 12.1 Å². The fraction of sp³-hybridized carbons (Fsp3) is 0.774. The van der Waals surface area contributed by atoms with E-state index in [1.54, 1.807) is 6.08 Å². The average molecular weight is 533 g/mol. The van der Waals surface area contributed by atoms with E-state index in [4.69, 9.17) is 18.9 Å². The first-order chi connectivity index (χ1) is 18.4. The van der Waals surface area contributed by atoms with Crippen LogP contribution in [0.1, 0.15) is 97.3 Å². The van der Waals surface area contributed by atoms with Crippen molar-refractivity contribution < 1.29 is 33.3 Å². The predicted molar refractivity (Wildman–Crippen MR) is 145 cm³/mol. The monoisotopic (exact) mass is 532 g/mol. The van der Waals surface area contributed by atoms with Gasteiger partial charge in [0.2, 0.25) is 0 Å². The molecule has 3 rings (SSSR count). The highest BCUT2D eigenvalue weighted by molar-refractivity contribution is 5.91. The van der Waals surface area contributed by atoms with Crippen molar-refractivity contribution in [3.8, 4) is 0 Å². The summed E-state index contributed by atoms with van der Waals surface area (Å²) in [6, 6.07) is 0. The van der Waals surface area contributed by atoms with Gasteiger partial charge in [-0.15, -0.1) is 0 Å². The van der Waals surface area contributed by atoms with Gasteiger partial charge in [-0.1, -0.05) is 31.6 Å². The fourth-order valence-electron chi connectivity index (χ4n) is 6.20. The molecule has 0 aromatic rings. The molecule has 3 aliphatic rings. The number of hydrogen-bond acceptors (Lipinski definition) is 7. The molecule has 1 saturated heterocycles. The summed E-state index contributed by atoms with van der Waals surface area (Å²) in [5.74, 6) is 0.508. The van der Waals surface area contributed by atoms with Crippen molar-refractivity contribution in [2.24, 2.45) is 23.7 Å². The third-order valence-corrected chi connectivity index (χ3v) is 8.51. The molecule has 1 unspecified atom stereocenters. The summed E-state index contributed by atoms with van der Waals surface area (Å²) in [5, 5.41) is 0. The second kappa shape index (κ2) is 16.2. The molecule has 7 nitrogen and oxygen atoms in total. The number of unbranched alkanes of at least 4 members (excludes halogenated alkanes) is 1. The van der Waals surface area contributed by atoms with Gasteiger partial charge in [-0.2, -0.15) is 0 Å². The van der Waals surface area contributed by atoms with E-state index in [0.29, 0.717) is 25.9 Å². The lowest BCUT2D eigenvalue weighted by Gasteiger charge is -2.29. The minimum atomic E-state index is -0.303. The van der Waals surface area contributed by atoms with E-state index < -0.39 is 0 Å². The second-order valence-electron chi connectivity index (χ2n) is 11.2. The molecular weight excluding hydrogens is 484 g/mol. The van der Waals surface area contributed by atoms with Gasteiger partial charge in [0.25, 0.3) is 0 Å². The lowest BCUT2D eigenvalue weighted by molar-refractivity contribution is -0.193. The number of carbonyl (C=O) groups is 3. The summed E-state index contributed by atoms with van der Waals surface area (Å²) in [6.07, 6.45) is 18.8. The van der Waals surface area contributed by atoms with Crippen LogP contribution in [0.5, 0.6) is 0 Å². The van der Waals surface area contributed by atoms with Crippen LogP contribution in [0.4, 0.5) is 0 Å². The quantitative estimate of drug-likeness (QED) is 0.123. The van der Waals surface area contributed by atoms with Crippen molar-refractivity contribution in [2.45, 2.75) is 116 Å². The molecule has 0 N–H and O–H groups in total. The zero-order valence-electron chi connectivity index (χ0n) is 23.6. The maximum atomic E-state index is 13.1. The summed E-state index contributed by atoms with van der Waals surface area (Å²) in [6.45, 7) is 4.37. The molecule has 0 radical (unpaired) electrons. The van der Waals surface area contributed by atoms with E-state index in [2.05, 4.69) is 19.1 Å². The number of esters is 2. The number of carbonyl (C=O) groups excluding carboxylic acids is 3. The largest absolute Gasteiger partial charge is 0.469 e. The molecule has 214 valence electrons. The van der Waals surface area contributed by atoms with Crippen molar-refractivity contribution in [1.82, 2.24) is 0 Å². The van der Waals surface area contributed by atoms with E-state index in [0.717, 1.165) is 63.7 Å². The number of rotatable bonds is 13. The van der Waals surface area contributed by atoms with Gasteiger partial charge >= 0.3 is 11.9 Å². The lowest BCUT2D eigenvalue weighted by atomic mass is 9.78. The van der Waals surface area contributed by atoms with Gasteiger partial charge in [0.1, 0.15) is 6.10 Å². The van der Waals surface area contributed by atoms with Gasteiger partial charge in [-0.3, -0.25) is 14.4 Å². The molecule has 5 atom stereocenters. The van der Waals surface area contributed by atoms with Crippen molar-refractivity contribution in [2.75, 3.05) is 13.7 Å². The first kappa shape index (κ1) is 30.6. The van der Waals surface area contributed by atoms with Crippen LogP contribution in [0.25, 0.3) is 0 Å². The zero-order chi connectivity index (χ0) is 27.3. The van der Waals surface area contributed by atoms with Crippen molar-refractivity contribution >= 4 is 17.7 Å². The van der Waals surface area contributed by atoms with Gasteiger partial charge < -0.3 is 18.9 Å². The van der Waals surface area contributed by atoms with E-state index in [1.165, 1.54) is 20.5 Å². The molecule has 1 heterocycles. The Kier molecular flexibility index (Phi) is 13.0. The molecule has 1 aliphatic heterocycles. The third-order valence-electron chi connectivity index (χ3n) is 8.51. The topological polar surface area (TPSA) is 88.1 Å². The highest BCUT2D eigenvalue weighted by atomic mass is 16.7. The van der Waals surface area contributed by atoms with Crippen LogP contribution in [0.2, 0.25) is 0 Å². The first-order valence-corrected chi connectivity index (χ1v) is 14.8. The zero-order valence-corrected chi connectivity index (χ0v) is 23.6. The Balaban J connectivity index is 1.70. The Hall–Kier alpha value is -1.99. The molecule has 0 bridgehead atoms. The Morgan fingerprint density at radius 2 is 1.79 bits per heavy atom. The van der Waals surface area contributed by atoms with Gasteiger partial charge in [0, 0.05) is 44.1 Å². The molecular formula is C31H48O7. The Labute approximate surface area is 228 Å². The SMILES string of the molecule is CCC1CCC(C(=O)/C=C/[C@@H]2[C@@H](C/C=C\CCCC(=O)OC)[C@@H](OC(C)=O)C[C@H]2OC2CCCCO2)CC1. The fourth-order valence-corrected chi connectivity index (χ4v) is 6.20. The summed E-state index contributed by atoms with van der Waals surface area (Å²) < 4.78 is 22.8. The second-order valence-corrected chi connectivity index (χ2v) is 11.2. The van der Waals surface area contributed by atoms with Crippen LogP contribution in [0.15, 0.2) is 24.3 Å². The number of ketones is 1. The number of methoxy groups -OCH3 is 1. The van der Waals surface area contributed by atoms with Crippen LogP contribution in [-0.4, -0.2) is 49.9 Å². The Bertz CT molecular complexity index is 805. The Morgan fingerprint density at radius 3 is 2.45 bits per heavy atom. The minimum absolute atomic E-state index is 0.00391. The maximum absolute atomic E-state index is 13.1. The van der Waals surface area contributed by atoms with E-state index in [9.17, 15) is 14.4 Å². The smallest absolute Gasteiger partial charge is 0.305 e. The molecule has 2 saturated carbocycles. The van der Waals surface area contributed by atoms with E-state index in [1.807, 2.05) is 6.08 Å². The number of hydrogen-bond donors (Lipinski definition) is 0. The molecule has 7 heteroatoms. The van der Waals surface area contributed by atoms with E-state index in [-0.39, 0.29) is 54.0 Å².